The number of esters is 1. The molecule has 1 amide bonds. The minimum Gasteiger partial charge on any atom is -0.465 e. The van der Waals surface area contributed by atoms with Crippen molar-refractivity contribution in [2.75, 3.05) is 26.4 Å². The molecule has 3 N–H and O–H groups in total. The van der Waals surface area contributed by atoms with Crippen molar-refractivity contribution in [1.29, 1.82) is 0 Å². The summed E-state index contributed by atoms with van der Waals surface area (Å²) >= 11 is 6.14. The van der Waals surface area contributed by atoms with Gasteiger partial charge >= 0.3 is 5.97 Å². The van der Waals surface area contributed by atoms with E-state index in [-0.39, 0.29) is 44.0 Å². The van der Waals surface area contributed by atoms with E-state index in [2.05, 4.69) is 20.7 Å². The molecule has 1 saturated carbocycles. The summed E-state index contributed by atoms with van der Waals surface area (Å²) in [6.07, 6.45) is 2.49. The van der Waals surface area contributed by atoms with E-state index >= 15 is 0 Å². The number of hydrogen-bond donors (Lipinski definition) is 3. The smallest absolute Gasteiger partial charge is 0.314 e. The third-order valence-corrected chi connectivity index (χ3v) is 6.59. The van der Waals surface area contributed by atoms with Gasteiger partial charge in [0.05, 0.1) is 38.0 Å². The van der Waals surface area contributed by atoms with Crippen LogP contribution in [0.4, 0.5) is 0 Å². The van der Waals surface area contributed by atoms with E-state index < -0.39 is 11.0 Å². The highest BCUT2D eigenvalue weighted by molar-refractivity contribution is 6.30. The summed E-state index contributed by atoms with van der Waals surface area (Å²) in [4.78, 5) is 25.8. The molecule has 190 valence electrons. The zero-order valence-electron chi connectivity index (χ0n) is 20.0. The van der Waals surface area contributed by atoms with Gasteiger partial charge in [-0.3, -0.25) is 9.59 Å². The highest BCUT2D eigenvalue weighted by Crippen LogP contribution is 2.51. The van der Waals surface area contributed by atoms with Gasteiger partial charge in [-0.05, 0) is 55.0 Å². The molecule has 0 radical (unpaired) electrons. The summed E-state index contributed by atoms with van der Waals surface area (Å²) in [5.41, 5.74) is 1.56. The molecular formula is C26H29ClN4O5. The Labute approximate surface area is 214 Å². The highest BCUT2D eigenvalue weighted by atomic mass is 35.5. The van der Waals surface area contributed by atoms with Crippen molar-refractivity contribution in [2.45, 2.75) is 31.7 Å². The van der Waals surface area contributed by atoms with Crippen LogP contribution in [0, 0.1) is 5.41 Å². The topological polar surface area (TPSA) is 126 Å². The number of halogens is 1. The average molecular weight is 513 g/mol. The molecule has 1 fully saturated rings. The third kappa shape index (κ3) is 5.75. The fraction of sp³-hybridized carbons (Fsp3) is 0.385. The fourth-order valence-electron chi connectivity index (χ4n) is 4.91. The minimum atomic E-state index is -0.914. The van der Waals surface area contributed by atoms with Crippen LogP contribution in [0.5, 0.6) is 0 Å². The first-order valence-corrected chi connectivity index (χ1v) is 12.2. The molecule has 10 heteroatoms. The maximum atomic E-state index is 12.9. The first-order chi connectivity index (χ1) is 17.4. The van der Waals surface area contributed by atoms with E-state index in [4.69, 9.17) is 26.2 Å². The van der Waals surface area contributed by atoms with E-state index in [0.717, 1.165) is 16.7 Å². The molecule has 1 aromatic heterocycles. The maximum absolute atomic E-state index is 12.9. The monoisotopic (exact) mass is 512 g/mol. The number of hydrogen-bond acceptors (Lipinski definition) is 7. The molecule has 3 aromatic rings. The molecule has 9 nitrogen and oxygen atoms in total. The lowest BCUT2D eigenvalue weighted by atomic mass is 9.55. The number of nitrogens with one attached hydrogen (secondary N) is 2. The van der Waals surface area contributed by atoms with Gasteiger partial charge in [0.2, 0.25) is 0 Å². The second kappa shape index (κ2) is 11.2. The van der Waals surface area contributed by atoms with E-state index in [0.29, 0.717) is 24.3 Å². The summed E-state index contributed by atoms with van der Waals surface area (Å²) < 4.78 is 10.9. The lowest BCUT2D eigenvalue weighted by Gasteiger charge is -2.54. The lowest BCUT2D eigenvalue weighted by molar-refractivity contribution is -0.175. The van der Waals surface area contributed by atoms with Crippen LogP contribution in [-0.4, -0.2) is 64.4 Å². The first-order valence-electron chi connectivity index (χ1n) is 11.8. The van der Waals surface area contributed by atoms with Crippen molar-refractivity contribution in [2.24, 2.45) is 5.41 Å². The van der Waals surface area contributed by atoms with Crippen molar-refractivity contribution in [3.63, 3.8) is 0 Å². The molecule has 1 heterocycles. The quantitative estimate of drug-likeness (QED) is 0.266. The largest absolute Gasteiger partial charge is 0.465 e. The van der Waals surface area contributed by atoms with Gasteiger partial charge in [0.15, 0.2) is 5.69 Å². The number of ether oxygens (including phenoxy) is 2. The summed E-state index contributed by atoms with van der Waals surface area (Å²) in [5, 5.41) is 22.9. The predicted octanol–water partition coefficient (Wildman–Crippen LogP) is 3.19. The van der Waals surface area contributed by atoms with Gasteiger partial charge in [-0.1, -0.05) is 48.0 Å². The van der Waals surface area contributed by atoms with Gasteiger partial charge in [0.1, 0.15) is 0 Å². The number of amides is 1. The van der Waals surface area contributed by atoms with Gasteiger partial charge in [0.25, 0.3) is 5.91 Å². The van der Waals surface area contributed by atoms with Gasteiger partial charge in [0, 0.05) is 10.6 Å². The number of rotatable bonds is 11. The summed E-state index contributed by atoms with van der Waals surface area (Å²) in [5.74, 6) is -0.751. The second-order valence-electron chi connectivity index (χ2n) is 9.10. The van der Waals surface area contributed by atoms with Gasteiger partial charge in [-0.25, -0.2) is 0 Å². The molecule has 1 aliphatic rings. The molecule has 36 heavy (non-hydrogen) atoms. The lowest BCUT2D eigenvalue weighted by Crippen LogP contribution is -2.67. The number of aliphatic hydroxyl groups is 1. The number of benzene rings is 2. The SMILES string of the molecule is CCOC(=O)C1(COCCO)CC(Cc2ccc(-c3cccc(Cl)c3)cc2)(NC(=O)c2cn[nH]n2)C1. The van der Waals surface area contributed by atoms with Gasteiger partial charge < -0.3 is 19.9 Å². The molecule has 0 unspecified atom stereocenters. The van der Waals surface area contributed by atoms with Crippen LogP contribution in [0.25, 0.3) is 11.1 Å². The number of aromatic nitrogens is 3. The molecule has 0 aliphatic heterocycles. The van der Waals surface area contributed by atoms with Crippen LogP contribution >= 0.6 is 11.6 Å². The Balaban J connectivity index is 1.57. The third-order valence-electron chi connectivity index (χ3n) is 6.36. The molecule has 0 spiro atoms. The standard InChI is InChI=1S/C26H29ClN4O5/c1-2-36-24(34)25(17-35-11-10-32)15-26(16-25,29-23(33)22-14-28-31-30-22)13-18-6-8-19(9-7-18)20-4-3-5-21(27)12-20/h3-9,12,14,32H,2,10-11,13,15-17H2,1H3,(H,29,33)(H,28,30,31). The molecule has 1 aliphatic carbocycles. The van der Waals surface area contributed by atoms with Crippen molar-refractivity contribution < 1.29 is 24.2 Å². The van der Waals surface area contributed by atoms with Crippen LogP contribution < -0.4 is 5.32 Å². The van der Waals surface area contributed by atoms with Gasteiger partial charge in [-0.15, -0.1) is 0 Å². The number of aliphatic hydroxyl groups excluding tert-OH is 1. The Bertz CT molecular complexity index is 1180. The van der Waals surface area contributed by atoms with E-state index in [1.807, 2.05) is 48.5 Å². The number of H-pyrrole nitrogens is 1. The van der Waals surface area contributed by atoms with Crippen LogP contribution in [0.3, 0.4) is 0 Å². The molecule has 0 bridgehead atoms. The molecule has 4 rings (SSSR count). The number of nitrogens with zero attached hydrogens (tertiary/aromatic N) is 2. The van der Waals surface area contributed by atoms with E-state index in [1.165, 1.54) is 6.20 Å². The summed E-state index contributed by atoms with van der Waals surface area (Å²) in [6.45, 7) is 2.06. The van der Waals surface area contributed by atoms with Crippen LogP contribution in [0.2, 0.25) is 5.02 Å². The minimum absolute atomic E-state index is 0.0989. The Morgan fingerprint density at radius 2 is 1.94 bits per heavy atom. The Morgan fingerprint density at radius 3 is 2.58 bits per heavy atom. The van der Waals surface area contributed by atoms with Crippen LogP contribution in [-0.2, 0) is 20.7 Å². The molecule has 0 saturated heterocycles. The van der Waals surface area contributed by atoms with Crippen molar-refractivity contribution in [1.82, 2.24) is 20.7 Å². The number of carbonyl (C=O) groups is 2. The average Bonchev–Trinajstić information content (AvgIpc) is 3.39. The molecule has 0 atom stereocenters. The molecular weight excluding hydrogens is 484 g/mol. The Morgan fingerprint density at radius 1 is 1.17 bits per heavy atom. The van der Waals surface area contributed by atoms with Crippen molar-refractivity contribution in [3.8, 4) is 11.1 Å². The van der Waals surface area contributed by atoms with E-state index in [9.17, 15) is 9.59 Å². The van der Waals surface area contributed by atoms with Crippen LogP contribution in [0.15, 0.2) is 54.7 Å². The normalized spacial score (nSPS) is 21.0. The maximum Gasteiger partial charge on any atom is 0.314 e. The Hall–Kier alpha value is -3.27. The predicted molar refractivity (Wildman–Crippen MR) is 133 cm³/mol. The fourth-order valence-corrected chi connectivity index (χ4v) is 5.10. The first kappa shape index (κ1) is 25.8. The summed E-state index contributed by atoms with van der Waals surface area (Å²) in [7, 11) is 0. The summed E-state index contributed by atoms with van der Waals surface area (Å²) in [6, 6.07) is 15.7. The second-order valence-corrected chi connectivity index (χ2v) is 9.54. The highest BCUT2D eigenvalue weighted by Gasteiger charge is 2.60. The number of carbonyl (C=O) groups excluding carboxylic acids is 2. The zero-order valence-corrected chi connectivity index (χ0v) is 20.8. The van der Waals surface area contributed by atoms with Crippen molar-refractivity contribution in [3.05, 3.63) is 71.0 Å². The van der Waals surface area contributed by atoms with E-state index in [1.54, 1.807) is 6.92 Å². The van der Waals surface area contributed by atoms with Crippen LogP contribution in [0.1, 0.15) is 35.8 Å². The zero-order chi connectivity index (χ0) is 25.6. The van der Waals surface area contributed by atoms with Crippen molar-refractivity contribution >= 4 is 23.5 Å². The Kier molecular flexibility index (Phi) is 8.03. The number of aromatic amines is 1. The van der Waals surface area contributed by atoms with Gasteiger partial charge in [-0.2, -0.15) is 15.4 Å². The molecule has 2 aromatic carbocycles.